The zero-order valence-corrected chi connectivity index (χ0v) is 20.1. The largest absolute Gasteiger partial charge is 0.494 e. The molecule has 1 heterocycles. The van der Waals surface area contributed by atoms with E-state index in [4.69, 9.17) is 4.74 Å². The van der Waals surface area contributed by atoms with E-state index in [9.17, 15) is 22.4 Å². The quantitative estimate of drug-likeness (QED) is 0.552. The van der Waals surface area contributed by atoms with Crippen molar-refractivity contribution in [3.8, 4) is 5.75 Å². The molecule has 2 N–H and O–H groups in total. The standard InChI is InChI=1S/C24H30FN3O5S/c1-17(2)13-16-33-20-9-7-18(8-10-20)23(29)26-27-24(30)19-11-14-28(15-12-19)34(31,32)22-6-4-3-5-21(22)25/h3-10,17,19H,11-16H2,1-2H3,(H,26,29)(H,27,30). The third kappa shape index (κ3) is 6.54. The van der Waals surface area contributed by atoms with Crippen molar-refractivity contribution in [1.82, 2.24) is 15.2 Å². The summed E-state index contributed by atoms with van der Waals surface area (Å²) >= 11 is 0. The summed E-state index contributed by atoms with van der Waals surface area (Å²) < 4.78 is 46.1. The number of rotatable bonds is 8. The molecule has 1 fully saturated rings. The highest BCUT2D eigenvalue weighted by Crippen LogP contribution is 2.25. The summed E-state index contributed by atoms with van der Waals surface area (Å²) in [6.45, 7) is 4.99. The Balaban J connectivity index is 1.46. The number of piperidine rings is 1. The van der Waals surface area contributed by atoms with Crippen molar-refractivity contribution in [3.05, 3.63) is 59.9 Å². The van der Waals surface area contributed by atoms with Crippen LogP contribution in [0.5, 0.6) is 5.75 Å². The van der Waals surface area contributed by atoms with Crippen molar-refractivity contribution in [2.24, 2.45) is 11.8 Å². The van der Waals surface area contributed by atoms with E-state index in [1.54, 1.807) is 24.3 Å². The first-order valence-corrected chi connectivity index (χ1v) is 12.7. The van der Waals surface area contributed by atoms with Gasteiger partial charge in [0.05, 0.1) is 6.61 Å². The number of carbonyl (C=O) groups excluding carboxylic acids is 2. The van der Waals surface area contributed by atoms with Gasteiger partial charge in [-0.2, -0.15) is 4.31 Å². The molecule has 2 aromatic rings. The summed E-state index contributed by atoms with van der Waals surface area (Å²) in [5, 5.41) is 0. The van der Waals surface area contributed by atoms with E-state index in [1.165, 1.54) is 22.5 Å². The molecule has 0 aliphatic carbocycles. The van der Waals surface area contributed by atoms with Gasteiger partial charge >= 0.3 is 0 Å². The van der Waals surface area contributed by atoms with E-state index in [0.717, 1.165) is 12.5 Å². The van der Waals surface area contributed by atoms with Crippen LogP contribution in [0.1, 0.15) is 43.5 Å². The minimum atomic E-state index is -3.97. The van der Waals surface area contributed by atoms with Gasteiger partial charge in [0.25, 0.3) is 5.91 Å². The molecule has 2 aromatic carbocycles. The molecule has 0 bridgehead atoms. The van der Waals surface area contributed by atoms with Crippen molar-refractivity contribution in [2.45, 2.75) is 38.0 Å². The Morgan fingerprint density at radius 2 is 1.71 bits per heavy atom. The van der Waals surface area contributed by atoms with Crippen molar-refractivity contribution in [1.29, 1.82) is 0 Å². The van der Waals surface area contributed by atoms with Crippen LogP contribution in [0.2, 0.25) is 0 Å². The van der Waals surface area contributed by atoms with Crippen LogP contribution in [0, 0.1) is 17.7 Å². The van der Waals surface area contributed by atoms with Crippen LogP contribution in [0.3, 0.4) is 0 Å². The third-order valence-corrected chi connectivity index (χ3v) is 7.59. The SMILES string of the molecule is CC(C)CCOc1ccc(C(=O)NNC(=O)C2CCN(S(=O)(=O)c3ccccc3F)CC2)cc1. The Kier molecular flexibility index (Phi) is 8.62. The van der Waals surface area contributed by atoms with Gasteiger partial charge in [-0.05, 0) is 61.6 Å². The molecule has 2 amide bonds. The summed E-state index contributed by atoms with van der Waals surface area (Å²) in [6.07, 6.45) is 1.46. The van der Waals surface area contributed by atoms with Crippen LogP contribution >= 0.6 is 0 Å². The molecule has 1 aliphatic rings. The van der Waals surface area contributed by atoms with Crippen molar-refractivity contribution in [3.63, 3.8) is 0 Å². The van der Waals surface area contributed by atoms with Crippen LogP contribution in [0.4, 0.5) is 4.39 Å². The molecule has 34 heavy (non-hydrogen) atoms. The molecule has 0 saturated carbocycles. The van der Waals surface area contributed by atoms with Gasteiger partial charge < -0.3 is 4.74 Å². The zero-order valence-electron chi connectivity index (χ0n) is 19.3. The Labute approximate surface area is 199 Å². The Morgan fingerprint density at radius 1 is 1.06 bits per heavy atom. The van der Waals surface area contributed by atoms with Gasteiger partial charge in [-0.25, -0.2) is 12.8 Å². The molecule has 3 rings (SSSR count). The normalized spacial score (nSPS) is 15.2. The number of halogens is 1. The Morgan fingerprint density at radius 3 is 2.32 bits per heavy atom. The molecule has 0 spiro atoms. The number of sulfonamides is 1. The summed E-state index contributed by atoms with van der Waals surface area (Å²) in [4.78, 5) is 24.4. The Hall–Kier alpha value is -2.98. The molecular weight excluding hydrogens is 461 g/mol. The first-order chi connectivity index (χ1) is 16.2. The van der Waals surface area contributed by atoms with Gasteiger partial charge in [-0.3, -0.25) is 20.4 Å². The summed E-state index contributed by atoms with van der Waals surface area (Å²) in [5.41, 5.74) is 5.16. The van der Waals surface area contributed by atoms with E-state index >= 15 is 0 Å². The maximum absolute atomic E-state index is 13.9. The van der Waals surface area contributed by atoms with Gasteiger partial charge in [0, 0.05) is 24.6 Å². The van der Waals surface area contributed by atoms with Crippen molar-refractivity contribution < 1.29 is 27.1 Å². The molecular formula is C24H30FN3O5S. The second-order valence-electron chi connectivity index (χ2n) is 8.61. The molecule has 184 valence electrons. The monoisotopic (exact) mass is 491 g/mol. The number of amides is 2. The minimum absolute atomic E-state index is 0.0843. The van der Waals surface area contributed by atoms with E-state index < -0.39 is 33.6 Å². The first kappa shape index (κ1) is 25.6. The number of ether oxygens (including phenoxy) is 1. The number of hydrogen-bond donors (Lipinski definition) is 2. The lowest BCUT2D eigenvalue weighted by Crippen LogP contribution is -2.48. The van der Waals surface area contributed by atoms with Crippen LogP contribution in [0.15, 0.2) is 53.4 Å². The lowest BCUT2D eigenvalue weighted by molar-refractivity contribution is -0.126. The first-order valence-electron chi connectivity index (χ1n) is 11.3. The van der Waals surface area contributed by atoms with Crippen LogP contribution in [0.25, 0.3) is 0 Å². The lowest BCUT2D eigenvalue weighted by atomic mass is 9.98. The van der Waals surface area contributed by atoms with E-state index in [-0.39, 0.29) is 30.8 Å². The second kappa shape index (κ2) is 11.4. The number of nitrogens with one attached hydrogen (secondary N) is 2. The van der Waals surface area contributed by atoms with E-state index in [0.29, 0.717) is 23.8 Å². The third-order valence-electron chi connectivity index (χ3n) is 5.66. The predicted octanol–water partition coefficient (Wildman–Crippen LogP) is 3.11. The maximum Gasteiger partial charge on any atom is 0.269 e. The average Bonchev–Trinajstić information content (AvgIpc) is 2.82. The van der Waals surface area contributed by atoms with Crippen LogP contribution < -0.4 is 15.6 Å². The van der Waals surface area contributed by atoms with E-state index in [2.05, 4.69) is 24.7 Å². The van der Waals surface area contributed by atoms with E-state index in [1.807, 2.05) is 0 Å². The highest BCUT2D eigenvalue weighted by atomic mass is 32.2. The van der Waals surface area contributed by atoms with Gasteiger partial charge in [-0.1, -0.05) is 26.0 Å². The summed E-state index contributed by atoms with van der Waals surface area (Å²) in [7, 11) is -3.97. The number of hydrazine groups is 1. The Bertz CT molecular complexity index is 1100. The molecule has 0 radical (unpaired) electrons. The fourth-order valence-electron chi connectivity index (χ4n) is 3.56. The minimum Gasteiger partial charge on any atom is -0.494 e. The summed E-state index contributed by atoms with van der Waals surface area (Å²) in [5.74, 6) is -0.939. The fourth-order valence-corrected chi connectivity index (χ4v) is 5.09. The predicted molar refractivity (Wildman–Crippen MR) is 125 cm³/mol. The molecule has 0 unspecified atom stereocenters. The van der Waals surface area contributed by atoms with Crippen LogP contribution in [-0.4, -0.2) is 44.2 Å². The smallest absolute Gasteiger partial charge is 0.269 e. The van der Waals surface area contributed by atoms with Gasteiger partial charge in [0.2, 0.25) is 15.9 Å². The highest BCUT2D eigenvalue weighted by Gasteiger charge is 2.33. The molecule has 1 aliphatic heterocycles. The number of carbonyl (C=O) groups is 2. The molecule has 0 atom stereocenters. The van der Waals surface area contributed by atoms with Gasteiger partial charge in [0.15, 0.2) is 0 Å². The van der Waals surface area contributed by atoms with Gasteiger partial charge in [0.1, 0.15) is 16.5 Å². The van der Waals surface area contributed by atoms with Crippen LogP contribution in [-0.2, 0) is 14.8 Å². The number of nitrogens with zero attached hydrogens (tertiary/aromatic N) is 1. The number of benzene rings is 2. The highest BCUT2D eigenvalue weighted by molar-refractivity contribution is 7.89. The average molecular weight is 492 g/mol. The fraction of sp³-hybridized carbons (Fsp3) is 0.417. The molecule has 0 aromatic heterocycles. The number of hydrogen-bond acceptors (Lipinski definition) is 5. The molecule has 10 heteroatoms. The maximum atomic E-state index is 13.9. The zero-order chi connectivity index (χ0) is 24.7. The van der Waals surface area contributed by atoms with Crippen molar-refractivity contribution in [2.75, 3.05) is 19.7 Å². The molecule has 8 nitrogen and oxygen atoms in total. The second-order valence-corrected chi connectivity index (χ2v) is 10.5. The summed E-state index contributed by atoms with van der Waals surface area (Å²) in [6, 6.07) is 11.8. The topological polar surface area (TPSA) is 105 Å². The van der Waals surface area contributed by atoms with Gasteiger partial charge in [-0.15, -0.1) is 0 Å². The lowest BCUT2D eigenvalue weighted by Gasteiger charge is -2.30. The van der Waals surface area contributed by atoms with Crippen molar-refractivity contribution >= 4 is 21.8 Å². The molecule has 1 saturated heterocycles.